The molecule has 1 heterocycles. The number of benzene rings is 1. The van der Waals surface area contributed by atoms with Crippen LogP contribution in [0.3, 0.4) is 0 Å². The topological polar surface area (TPSA) is 84.6 Å². The zero-order chi connectivity index (χ0) is 13.2. The van der Waals surface area contributed by atoms with Crippen molar-refractivity contribution < 1.29 is 14.6 Å². The Morgan fingerprint density at radius 3 is 3.06 bits per heavy atom. The smallest absolute Gasteiger partial charge is 0.255 e. The summed E-state index contributed by atoms with van der Waals surface area (Å²) in [5.41, 5.74) is 5.64. The first kappa shape index (κ1) is 12.7. The molecule has 0 spiro atoms. The maximum absolute atomic E-state index is 11.9. The number of phenols is 1. The second-order valence-electron chi connectivity index (χ2n) is 4.83. The molecule has 5 heteroatoms. The van der Waals surface area contributed by atoms with Gasteiger partial charge in [0, 0.05) is 13.2 Å². The van der Waals surface area contributed by atoms with E-state index in [0.717, 1.165) is 19.4 Å². The lowest BCUT2D eigenvalue weighted by molar-refractivity contribution is 0.0205. The van der Waals surface area contributed by atoms with Gasteiger partial charge in [0.1, 0.15) is 0 Å². The molecule has 1 aromatic rings. The summed E-state index contributed by atoms with van der Waals surface area (Å²) in [4.78, 5) is 11.9. The fraction of sp³-hybridized carbons (Fsp3) is 0.462. The van der Waals surface area contributed by atoms with E-state index in [2.05, 4.69) is 5.32 Å². The molecule has 4 N–H and O–H groups in total. The highest BCUT2D eigenvalue weighted by atomic mass is 16.5. The molecule has 0 saturated carbocycles. The number of nitrogens with one attached hydrogen (secondary N) is 1. The van der Waals surface area contributed by atoms with E-state index in [1.807, 2.05) is 6.92 Å². The SMILES string of the molecule is CC1(CNC(=O)c2cccc(N)c2O)CCCO1. The lowest BCUT2D eigenvalue weighted by Gasteiger charge is -2.23. The molecule has 1 amide bonds. The molecule has 1 aliphatic rings. The van der Waals surface area contributed by atoms with Gasteiger partial charge in [0.2, 0.25) is 0 Å². The quantitative estimate of drug-likeness (QED) is 0.557. The fourth-order valence-corrected chi connectivity index (χ4v) is 2.08. The van der Waals surface area contributed by atoms with Crippen LogP contribution in [0.25, 0.3) is 0 Å². The van der Waals surface area contributed by atoms with Gasteiger partial charge in [-0.25, -0.2) is 0 Å². The summed E-state index contributed by atoms with van der Waals surface area (Å²) < 4.78 is 5.58. The molecule has 2 rings (SSSR count). The number of anilines is 1. The van der Waals surface area contributed by atoms with Gasteiger partial charge in [0.05, 0.1) is 16.9 Å². The number of ether oxygens (including phenoxy) is 1. The molecule has 1 atom stereocenters. The Morgan fingerprint density at radius 1 is 1.61 bits per heavy atom. The summed E-state index contributed by atoms with van der Waals surface area (Å²) in [7, 11) is 0. The van der Waals surface area contributed by atoms with Crippen LogP contribution in [0.4, 0.5) is 5.69 Å². The average Bonchev–Trinajstić information content (AvgIpc) is 2.77. The van der Waals surface area contributed by atoms with E-state index in [1.165, 1.54) is 0 Å². The maximum Gasteiger partial charge on any atom is 0.255 e. The number of nitrogen functional groups attached to an aromatic ring is 1. The number of carbonyl (C=O) groups excluding carboxylic acids is 1. The van der Waals surface area contributed by atoms with E-state index in [1.54, 1.807) is 18.2 Å². The van der Waals surface area contributed by atoms with Crippen LogP contribution in [-0.4, -0.2) is 29.8 Å². The van der Waals surface area contributed by atoms with Crippen LogP contribution in [0.2, 0.25) is 0 Å². The zero-order valence-electron chi connectivity index (χ0n) is 10.4. The number of rotatable bonds is 3. The minimum atomic E-state index is -0.337. The summed E-state index contributed by atoms with van der Waals surface area (Å²) in [6.07, 6.45) is 1.94. The number of hydrogen-bond acceptors (Lipinski definition) is 4. The molecule has 0 bridgehead atoms. The first-order valence-corrected chi connectivity index (χ1v) is 6.01. The van der Waals surface area contributed by atoms with Crippen LogP contribution in [0, 0.1) is 0 Å². The number of hydrogen-bond donors (Lipinski definition) is 3. The highest BCUT2D eigenvalue weighted by molar-refractivity contribution is 5.98. The van der Waals surface area contributed by atoms with Gasteiger partial charge < -0.3 is 20.9 Å². The molecule has 1 saturated heterocycles. The summed E-state index contributed by atoms with van der Waals surface area (Å²) in [6, 6.07) is 4.73. The Balaban J connectivity index is 2.01. The molecular weight excluding hydrogens is 232 g/mol. The predicted molar refractivity (Wildman–Crippen MR) is 68.4 cm³/mol. The first-order chi connectivity index (χ1) is 8.52. The fourth-order valence-electron chi connectivity index (χ4n) is 2.08. The van der Waals surface area contributed by atoms with Crippen molar-refractivity contribution >= 4 is 11.6 Å². The van der Waals surface area contributed by atoms with Crippen LogP contribution in [-0.2, 0) is 4.74 Å². The third-order valence-electron chi connectivity index (χ3n) is 3.24. The minimum Gasteiger partial charge on any atom is -0.505 e. The van der Waals surface area contributed by atoms with Gasteiger partial charge in [0.25, 0.3) is 5.91 Å². The number of phenolic OH excluding ortho intramolecular Hbond substituents is 1. The molecule has 0 aromatic heterocycles. The van der Waals surface area contributed by atoms with Crippen molar-refractivity contribution in [1.29, 1.82) is 0 Å². The first-order valence-electron chi connectivity index (χ1n) is 6.01. The van der Waals surface area contributed by atoms with E-state index < -0.39 is 0 Å². The number of amides is 1. The van der Waals surface area contributed by atoms with E-state index in [0.29, 0.717) is 6.54 Å². The van der Waals surface area contributed by atoms with Crippen molar-refractivity contribution in [1.82, 2.24) is 5.32 Å². The van der Waals surface area contributed by atoms with Crippen LogP contribution >= 0.6 is 0 Å². The number of carbonyl (C=O) groups is 1. The van der Waals surface area contributed by atoms with Crippen molar-refractivity contribution in [2.45, 2.75) is 25.4 Å². The van der Waals surface area contributed by atoms with Gasteiger partial charge in [-0.15, -0.1) is 0 Å². The van der Waals surface area contributed by atoms with Crippen molar-refractivity contribution in [2.24, 2.45) is 0 Å². The lowest BCUT2D eigenvalue weighted by Crippen LogP contribution is -2.40. The monoisotopic (exact) mass is 250 g/mol. The predicted octanol–water partition coefficient (Wildman–Crippen LogP) is 1.27. The van der Waals surface area contributed by atoms with Gasteiger partial charge in [-0.05, 0) is 31.9 Å². The van der Waals surface area contributed by atoms with Gasteiger partial charge >= 0.3 is 0 Å². The Morgan fingerprint density at radius 2 is 2.39 bits per heavy atom. The molecule has 1 aromatic carbocycles. The van der Waals surface area contributed by atoms with Gasteiger partial charge in [-0.3, -0.25) is 4.79 Å². The summed E-state index contributed by atoms with van der Waals surface area (Å²) in [6.45, 7) is 3.13. The van der Waals surface area contributed by atoms with Crippen LogP contribution < -0.4 is 11.1 Å². The Labute approximate surface area is 106 Å². The van der Waals surface area contributed by atoms with Crippen molar-refractivity contribution in [3.63, 3.8) is 0 Å². The highest BCUT2D eigenvalue weighted by Crippen LogP contribution is 2.26. The van der Waals surface area contributed by atoms with Gasteiger partial charge in [-0.2, -0.15) is 0 Å². The molecule has 0 radical (unpaired) electrons. The number of para-hydroxylation sites is 1. The highest BCUT2D eigenvalue weighted by Gasteiger charge is 2.30. The molecular formula is C13H18N2O3. The second-order valence-corrected chi connectivity index (χ2v) is 4.83. The number of aromatic hydroxyl groups is 1. The van der Waals surface area contributed by atoms with Gasteiger partial charge in [-0.1, -0.05) is 6.07 Å². The molecule has 1 fully saturated rings. The molecule has 98 valence electrons. The standard InChI is InChI=1S/C13H18N2O3/c1-13(6-3-7-18-13)8-15-12(17)9-4-2-5-10(14)11(9)16/h2,4-5,16H,3,6-8,14H2,1H3,(H,15,17). The number of nitrogens with two attached hydrogens (primary N) is 1. The van der Waals surface area contributed by atoms with Crippen molar-refractivity contribution in [2.75, 3.05) is 18.9 Å². The molecule has 0 aliphatic carbocycles. The van der Waals surface area contributed by atoms with E-state index in [-0.39, 0.29) is 28.5 Å². The van der Waals surface area contributed by atoms with Crippen LogP contribution in [0.5, 0.6) is 5.75 Å². The van der Waals surface area contributed by atoms with Crippen molar-refractivity contribution in [3.8, 4) is 5.75 Å². The second kappa shape index (κ2) is 4.86. The van der Waals surface area contributed by atoms with Gasteiger partial charge in [0.15, 0.2) is 5.75 Å². The van der Waals surface area contributed by atoms with Crippen LogP contribution in [0.15, 0.2) is 18.2 Å². The third kappa shape index (κ3) is 2.56. The Kier molecular flexibility index (Phi) is 3.43. The summed E-state index contributed by atoms with van der Waals surface area (Å²) >= 11 is 0. The normalized spacial score (nSPS) is 22.9. The zero-order valence-corrected chi connectivity index (χ0v) is 10.4. The van der Waals surface area contributed by atoms with E-state index >= 15 is 0 Å². The van der Waals surface area contributed by atoms with Crippen LogP contribution in [0.1, 0.15) is 30.1 Å². The van der Waals surface area contributed by atoms with Crippen molar-refractivity contribution in [3.05, 3.63) is 23.8 Å². The lowest BCUT2D eigenvalue weighted by atomic mass is 10.0. The molecule has 18 heavy (non-hydrogen) atoms. The van der Waals surface area contributed by atoms with E-state index in [9.17, 15) is 9.90 Å². The Bertz CT molecular complexity index is 454. The molecule has 5 nitrogen and oxygen atoms in total. The maximum atomic E-state index is 11.9. The molecule has 1 unspecified atom stereocenters. The third-order valence-corrected chi connectivity index (χ3v) is 3.24. The summed E-state index contributed by atoms with van der Waals surface area (Å²) in [5, 5.41) is 12.5. The largest absolute Gasteiger partial charge is 0.505 e. The van der Waals surface area contributed by atoms with E-state index in [4.69, 9.17) is 10.5 Å². The molecule has 1 aliphatic heterocycles. The average molecular weight is 250 g/mol. The minimum absolute atomic E-state index is 0.174. The summed E-state index contributed by atoms with van der Waals surface area (Å²) in [5.74, 6) is -0.510. The Hall–Kier alpha value is -1.75.